The molecule has 2 fully saturated rings. The number of amides is 2. The molecule has 3 atom stereocenters. The van der Waals surface area contributed by atoms with Gasteiger partial charge in [-0.2, -0.15) is 0 Å². The van der Waals surface area contributed by atoms with E-state index in [1.165, 1.54) is 12.8 Å². The first-order valence-electron chi connectivity index (χ1n) is 14.2. The number of anilines is 1. The van der Waals surface area contributed by atoms with Gasteiger partial charge >= 0.3 is 0 Å². The Kier molecular flexibility index (Phi) is 7.90. The summed E-state index contributed by atoms with van der Waals surface area (Å²) >= 11 is 0. The van der Waals surface area contributed by atoms with Crippen LogP contribution in [-0.4, -0.2) is 67.2 Å². The van der Waals surface area contributed by atoms with Crippen LogP contribution in [0.4, 0.5) is 5.69 Å². The molecule has 0 radical (unpaired) electrons. The maximum atomic E-state index is 13.6. The zero-order chi connectivity index (χ0) is 28.6. The zero-order valence-electron chi connectivity index (χ0n) is 24.5. The van der Waals surface area contributed by atoms with Gasteiger partial charge in [0.15, 0.2) is 0 Å². The Bertz CT molecular complexity index is 1400. The van der Waals surface area contributed by atoms with Crippen molar-refractivity contribution >= 4 is 17.5 Å². The number of hydrogen-bond acceptors (Lipinski definition) is 5. The topological polar surface area (TPSA) is 78.8 Å². The Labute approximate surface area is 237 Å². The van der Waals surface area contributed by atoms with Crippen molar-refractivity contribution in [1.29, 1.82) is 0 Å². The summed E-state index contributed by atoms with van der Waals surface area (Å²) in [6.45, 7) is 8.42. The van der Waals surface area contributed by atoms with Crippen LogP contribution in [0, 0.1) is 6.92 Å². The van der Waals surface area contributed by atoms with Gasteiger partial charge in [-0.15, -0.1) is 0 Å². The number of piperazine rings is 1. The Morgan fingerprint density at radius 2 is 1.80 bits per heavy atom. The van der Waals surface area contributed by atoms with Gasteiger partial charge in [0.25, 0.3) is 11.8 Å². The van der Waals surface area contributed by atoms with Gasteiger partial charge in [0.1, 0.15) is 11.4 Å². The summed E-state index contributed by atoms with van der Waals surface area (Å²) in [4.78, 5) is 30.2. The molecule has 0 spiro atoms. The van der Waals surface area contributed by atoms with Gasteiger partial charge in [0.2, 0.25) is 0 Å². The molecule has 2 saturated heterocycles. The summed E-state index contributed by atoms with van der Waals surface area (Å²) in [5.41, 5.74) is 6.16. The quantitative estimate of drug-likeness (QED) is 0.437. The monoisotopic (exact) mass is 543 g/mol. The van der Waals surface area contributed by atoms with Gasteiger partial charge < -0.3 is 29.7 Å². The van der Waals surface area contributed by atoms with Crippen molar-refractivity contribution in [3.8, 4) is 16.9 Å². The van der Waals surface area contributed by atoms with Crippen LogP contribution in [0.2, 0.25) is 0 Å². The van der Waals surface area contributed by atoms with Gasteiger partial charge in [0.05, 0.1) is 12.6 Å². The van der Waals surface area contributed by atoms with Gasteiger partial charge in [0, 0.05) is 69.3 Å². The number of aryl methyl sites for hydroxylation is 2. The minimum absolute atomic E-state index is 0.0540. The predicted molar refractivity (Wildman–Crippen MR) is 159 cm³/mol. The Morgan fingerprint density at radius 1 is 1.07 bits per heavy atom. The van der Waals surface area contributed by atoms with Crippen LogP contribution in [0.3, 0.4) is 0 Å². The molecule has 8 heteroatoms. The highest BCUT2D eigenvalue weighted by Crippen LogP contribution is 2.31. The standard InChI is InChI=1S/C32H41N5O3/c1-7-40-28-13-22(12-23(14-28)24-15-30(36(6)17-24)32(39)35(4)5)21(3)33-31(38)29-16-27(11-8-20(29)2)37-18-25-9-10-26(19-37)34-25/h8,11-17,21,25-26,34H,7,9-10,18-19H2,1-6H3,(H,33,38)/t21-,25-,26+/m1/s1. The molecule has 2 aromatic carbocycles. The first kappa shape index (κ1) is 27.8. The fourth-order valence-electron chi connectivity index (χ4n) is 5.87. The molecule has 3 aromatic rings. The van der Waals surface area contributed by atoms with Gasteiger partial charge in [-0.25, -0.2) is 0 Å². The lowest BCUT2D eigenvalue weighted by molar-refractivity contribution is 0.0818. The molecule has 2 aliphatic heterocycles. The van der Waals surface area contributed by atoms with E-state index < -0.39 is 0 Å². The first-order chi connectivity index (χ1) is 19.1. The van der Waals surface area contributed by atoms with Crippen molar-refractivity contribution in [1.82, 2.24) is 20.1 Å². The average molecular weight is 544 g/mol. The van der Waals surface area contributed by atoms with Crippen molar-refractivity contribution < 1.29 is 14.3 Å². The highest BCUT2D eigenvalue weighted by atomic mass is 16.5. The minimum atomic E-state index is -0.253. The number of fused-ring (bicyclic) bond motifs is 2. The summed E-state index contributed by atoms with van der Waals surface area (Å²) < 4.78 is 7.73. The molecule has 2 N–H and O–H groups in total. The third-order valence-electron chi connectivity index (χ3n) is 8.10. The first-order valence-corrected chi connectivity index (χ1v) is 14.2. The van der Waals surface area contributed by atoms with E-state index in [-0.39, 0.29) is 17.9 Å². The average Bonchev–Trinajstić information content (AvgIpc) is 3.48. The molecule has 212 valence electrons. The SMILES string of the molecule is CCOc1cc(-c2cc(C(=O)N(C)C)n(C)c2)cc([C@@H](C)NC(=O)c2cc(N3C[C@H]4CC[C@@H](C3)N4)ccc2C)c1. The van der Waals surface area contributed by atoms with E-state index in [1.54, 1.807) is 19.0 Å². The summed E-state index contributed by atoms with van der Waals surface area (Å²) in [6.07, 6.45) is 4.39. The van der Waals surface area contributed by atoms with Gasteiger partial charge in [-0.3, -0.25) is 9.59 Å². The number of carbonyl (C=O) groups is 2. The normalized spacial score (nSPS) is 18.9. The second-order valence-corrected chi connectivity index (χ2v) is 11.4. The molecular weight excluding hydrogens is 502 g/mol. The summed E-state index contributed by atoms with van der Waals surface area (Å²) in [5.74, 6) is 0.584. The van der Waals surface area contributed by atoms with E-state index in [1.807, 2.05) is 62.8 Å². The molecule has 5 rings (SSSR count). The second-order valence-electron chi connectivity index (χ2n) is 11.4. The molecule has 2 aliphatic rings. The predicted octanol–water partition coefficient (Wildman–Crippen LogP) is 4.53. The minimum Gasteiger partial charge on any atom is -0.494 e. The maximum absolute atomic E-state index is 13.6. The van der Waals surface area contributed by atoms with E-state index in [4.69, 9.17) is 4.74 Å². The van der Waals surface area contributed by atoms with E-state index >= 15 is 0 Å². The van der Waals surface area contributed by atoms with Gasteiger partial charge in [-0.1, -0.05) is 6.07 Å². The van der Waals surface area contributed by atoms with Crippen LogP contribution < -0.4 is 20.3 Å². The van der Waals surface area contributed by atoms with Crippen molar-refractivity contribution in [2.24, 2.45) is 7.05 Å². The molecule has 2 bridgehead atoms. The lowest BCUT2D eigenvalue weighted by Crippen LogP contribution is -2.51. The lowest BCUT2D eigenvalue weighted by Gasteiger charge is -2.35. The maximum Gasteiger partial charge on any atom is 0.269 e. The van der Waals surface area contributed by atoms with Crippen LogP contribution in [0.5, 0.6) is 5.75 Å². The van der Waals surface area contributed by atoms with Crippen molar-refractivity contribution in [3.05, 3.63) is 71.0 Å². The Hall–Kier alpha value is -3.78. The lowest BCUT2D eigenvalue weighted by atomic mass is 10.00. The highest BCUT2D eigenvalue weighted by molar-refractivity contribution is 5.97. The molecule has 8 nitrogen and oxygen atoms in total. The van der Waals surface area contributed by atoms with Crippen LogP contribution in [0.15, 0.2) is 48.7 Å². The number of carbonyl (C=O) groups excluding carboxylic acids is 2. The van der Waals surface area contributed by atoms with E-state index in [9.17, 15) is 9.59 Å². The molecule has 0 aliphatic carbocycles. The summed E-state index contributed by atoms with van der Waals surface area (Å²) in [7, 11) is 5.37. The fourth-order valence-corrected chi connectivity index (χ4v) is 5.87. The van der Waals surface area contributed by atoms with Crippen LogP contribution in [0.1, 0.15) is 64.7 Å². The third-order valence-corrected chi connectivity index (χ3v) is 8.10. The number of aromatic nitrogens is 1. The fraction of sp³-hybridized carbons (Fsp3) is 0.438. The Morgan fingerprint density at radius 3 is 2.48 bits per heavy atom. The van der Waals surface area contributed by atoms with Gasteiger partial charge in [-0.05, 0) is 86.7 Å². The highest BCUT2D eigenvalue weighted by Gasteiger charge is 2.32. The summed E-state index contributed by atoms with van der Waals surface area (Å²) in [5, 5.41) is 6.90. The van der Waals surface area contributed by atoms with Crippen molar-refractivity contribution in [3.63, 3.8) is 0 Å². The third kappa shape index (κ3) is 5.72. The van der Waals surface area contributed by atoms with E-state index in [0.29, 0.717) is 29.9 Å². The number of benzene rings is 2. The number of hydrogen-bond donors (Lipinski definition) is 2. The van der Waals surface area contributed by atoms with Crippen LogP contribution in [0.25, 0.3) is 11.1 Å². The van der Waals surface area contributed by atoms with E-state index in [2.05, 4.69) is 33.7 Å². The van der Waals surface area contributed by atoms with Crippen LogP contribution in [-0.2, 0) is 7.05 Å². The molecule has 3 heterocycles. The summed E-state index contributed by atoms with van der Waals surface area (Å²) in [6, 6.07) is 15.0. The number of rotatable bonds is 8. The zero-order valence-corrected chi connectivity index (χ0v) is 24.5. The molecule has 0 saturated carbocycles. The van der Waals surface area contributed by atoms with E-state index in [0.717, 1.165) is 46.8 Å². The molecule has 2 amide bonds. The molecule has 40 heavy (non-hydrogen) atoms. The van der Waals surface area contributed by atoms with Crippen molar-refractivity contribution in [2.75, 3.05) is 38.7 Å². The number of nitrogens with one attached hydrogen (secondary N) is 2. The second kappa shape index (κ2) is 11.4. The number of ether oxygens (including phenoxy) is 1. The Balaban J connectivity index is 1.38. The molecular formula is C32H41N5O3. The van der Waals surface area contributed by atoms with Crippen molar-refractivity contribution in [2.45, 2.75) is 51.7 Å². The smallest absolute Gasteiger partial charge is 0.269 e. The molecule has 0 unspecified atom stereocenters. The van der Waals surface area contributed by atoms with Crippen LogP contribution >= 0.6 is 0 Å². The largest absolute Gasteiger partial charge is 0.494 e. The molecule has 1 aromatic heterocycles. The number of nitrogens with zero attached hydrogens (tertiary/aromatic N) is 3.